The maximum Gasteiger partial charge on any atom is 0.125 e. The van der Waals surface area contributed by atoms with Crippen LogP contribution >= 0.6 is 0 Å². The van der Waals surface area contributed by atoms with E-state index in [9.17, 15) is 4.39 Å². The van der Waals surface area contributed by atoms with E-state index in [1.54, 1.807) is 0 Å². The maximum absolute atomic E-state index is 14.2. The zero-order chi connectivity index (χ0) is 10.7. The first kappa shape index (κ1) is 11.3. The van der Waals surface area contributed by atoms with E-state index in [1.165, 1.54) is 0 Å². The molecule has 15 heavy (non-hydrogen) atoms. The highest BCUT2D eigenvalue weighted by Gasteiger charge is 2.32. The minimum Gasteiger partial charge on any atom is -0.316 e. The van der Waals surface area contributed by atoms with Crippen LogP contribution < -0.4 is 10.6 Å². The predicted molar refractivity (Wildman–Crippen MR) is 59.8 cm³/mol. The van der Waals surface area contributed by atoms with Crippen molar-refractivity contribution in [3.63, 3.8) is 0 Å². The number of nitrogens with zero attached hydrogens (tertiary/aromatic N) is 1. The Balaban J connectivity index is 1.72. The first-order chi connectivity index (χ1) is 7.18. The first-order valence-corrected chi connectivity index (χ1v) is 6.00. The third-order valence-corrected chi connectivity index (χ3v) is 3.60. The summed E-state index contributed by atoms with van der Waals surface area (Å²) in [6.45, 7) is 4.38. The quantitative estimate of drug-likeness (QED) is 0.712. The number of alkyl halides is 1. The number of likely N-dealkylation sites (tertiary alicyclic amines) is 1. The third kappa shape index (κ3) is 3.13. The van der Waals surface area contributed by atoms with Crippen molar-refractivity contribution in [1.82, 2.24) is 15.5 Å². The molecule has 0 aromatic carbocycles. The van der Waals surface area contributed by atoms with Crippen molar-refractivity contribution in [2.75, 3.05) is 39.8 Å². The molecule has 0 bridgehead atoms. The number of hydrogen-bond acceptors (Lipinski definition) is 3. The molecule has 0 saturated carbocycles. The van der Waals surface area contributed by atoms with E-state index in [0.717, 1.165) is 32.6 Å². The van der Waals surface area contributed by atoms with Gasteiger partial charge in [0.2, 0.25) is 0 Å². The lowest BCUT2D eigenvalue weighted by molar-refractivity contribution is 0.110. The zero-order valence-corrected chi connectivity index (χ0v) is 9.56. The highest BCUT2D eigenvalue weighted by atomic mass is 19.1. The second-order valence-corrected chi connectivity index (χ2v) is 5.03. The lowest BCUT2D eigenvalue weighted by atomic mass is 9.94. The summed E-state index contributed by atoms with van der Waals surface area (Å²) in [6.07, 6.45) is 2.47. The maximum atomic E-state index is 14.2. The standard InChI is InChI=1S/C11H22FN3/c1-15-7-2-10(8-15)14-9-11(12)3-5-13-6-4-11/h10,13-14H,2-9H2,1H3. The summed E-state index contributed by atoms with van der Waals surface area (Å²) in [4.78, 5) is 2.30. The molecule has 0 aliphatic carbocycles. The molecule has 2 fully saturated rings. The second-order valence-electron chi connectivity index (χ2n) is 5.03. The first-order valence-electron chi connectivity index (χ1n) is 6.00. The fourth-order valence-corrected chi connectivity index (χ4v) is 2.48. The zero-order valence-electron chi connectivity index (χ0n) is 9.56. The van der Waals surface area contributed by atoms with E-state index < -0.39 is 5.67 Å². The molecule has 0 aromatic rings. The molecule has 2 saturated heterocycles. The molecule has 0 amide bonds. The molecule has 2 N–H and O–H groups in total. The van der Waals surface area contributed by atoms with Crippen LogP contribution in [0.5, 0.6) is 0 Å². The molecule has 4 heteroatoms. The van der Waals surface area contributed by atoms with Crippen molar-refractivity contribution in [1.29, 1.82) is 0 Å². The van der Waals surface area contributed by atoms with E-state index in [4.69, 9.17) is 0 Å². The van der Waals surface area contributed by atoms with Gasteiger partial charge in [0.25, 0.3) is 0 Å². The molecule has 88 valence electrons. The van der Waals surface area contributed by atoms with E-state index in [2.05, 4.69) is 22.6 Å². The summed E-state index contributed by atoms with van der Waals surface area (Å²) in [7, 11) is 2.12. The van der Waals surface area contributed by atoms with Gasteiger partial charge in [-0.2, -0.15) is 0 Å². The Morgan fingerprint density at radius 3 is 2.80 bits per heavy atom. The van der Waals surface area contributed by atoms with Gasteiger partial charge in [-0.25, -0.2) is 4.39 Å². The minimum absolute atomic E-state index is 0.498. The Labute approximate surface area is 91.4 Å². The molecule has 3 nitrogen and oxygen atoms in total. The molecule has 1 unspecified atom stereocenters. The highest BCUT2D eigenvalue weighted by molar-refractivity contribution is 4.89. The van der Waals surface area contributed by atoms with Crippen LogP contribution in [-0.2, 0) is 0 Å². The van der Waals surface area contributed by atoms with Crippen molar-refractivity contribution in [3.8, 4) is 0 Å². The monoisotopic (exact) mass is 215 g/mol. The van der Waals surface area contributed by atoms with Crippen LogP contribution in [0.4, 0.5) is 4.39 Å². The Morgan fingerprint density at radius 2 is 2.20 bits per heavy atom. The van der Waals surface area contributed by atoms with Gasteiger partial charge in [-0.3, -0.25) is 0 Å². The van der Waals surface area contributed by atoms with Crippen LogP contribution in [-0.4, -0.2) is 56.4 Å². The summed E-state index contributed by atoms with van der Waals surface area (Å²) in [5.74, 6) is 0. The molecular formula is C11H22FN3. The van der Waals surface area contributed by atoms with Crippen LogP contribution in [0.25, 0.3) is 0 Å². The number of piperidine rings is 1. The van der Waals surface area contributed by atoms with E-state index in [-0.39, 0.29) is 0 Å². The third-order valence-electron chi connectivity index (χ3n) is 3.60. The van der Waals surface area contributed by atoms with Gasteiger partial charge in [-0.1, -0.05) is 0 Å². The smallest absolute Gasteiger partial charge is 0.125 e. The van der Waals surface area contributed by atoms with Gasteiger partial charge in [-0.05, 0) is 45.9 Å². The van der Waals surface area contributed by atoms with Crippen LogP contribution in [0.3, 0.4) is 0 Å². The summed E-state index contributed by atoms with van der Waals surface area (Å²) >= 11 is 0. The fraction of sp³-hybridized carbons (Fsp3) is 1.00. The second kappa shape index (κ2) is 4.76. The van der Waals surface area contributed by atoms with E-state index in [0.29, 0.717) is 25.4 Å². The van der Waals surface area contributed by atoms with Crippen molar-refractivity contribution < 1.29 is 4.39 Å². The summed E-state index contributed by atoms with van der Waals surface area (Å²) in [6, 6.07) is 0.498. The van der Waals surface area contributed by atoms with Gasteiger partial charge in [0.1, 0.15) is 5.67 Å². The van der Waals surface area contributed by atoms with Gasteiger partial charge in [0.05, 0.1) is 0 Å². The number of likely N-dealkylation sites (N-methyl/N-ethyl adjacent to an activating group) is 1. The van der Waals surface area contributed by atoms with Crippen molar-refractivity contribution in [3.05, 3.63) is 0 Å². The molecule has 0 spiro atoms. The Kier molecular flexibility index (Phi) is 3.59. The van der Waals surface area contributed by atoms with Crippen molar-refractivity contribution >= 4 is 0 Å². The van der Waals surface area contributed by atoms with Gasteiger partial charge in [0, 0.05) is 19.1 Å². The number of nitrogens with one attached hydrogen (secondary N) is 2. The molecule has 1 atom stereocenters. The van der Waals surface area contributed by atoms with Crippen LogP contribution in [0.2, 0.25) is 0 Å². The molecule has 2 aliphatic heterocycles. The SMILES string of the molecule is CN1CCC(NCC2(F)CCNCC2)C1. The van der Waals surface area contributed by atoms with Gasteiger partial charge < -0.3 is 15.5 Å². The van der Waals surface area contributed by atoms with Crippen LogP contribution in [0.15, 0.2) is 0 Å². The molecule has 2 rings (SSSR count). The molecule has 0 radical (unpaired) electrons. The number of hydrogen-bond donors (Lipinski definition) is 2. The van der Waals surface area contributed by atoms with Crippen molar-refractivity contribution in [2.24, 2.45) is 0 Å². The number of halogens is 1. The minimum atomic E-state index is -0.966. The topological polar surface area (TPSA) is 27.3 Å². The largest absolute Gasteiger partial charge is 0.316 e. The molecule has 2 aliphatic rings. The Bertz CT molecular complexity index is 204. The lowest BCUT2D eigenvalue weighted by Crippen LogP contribution is -2.48. The van der Waals surface area contributed by atoms with E-state index >= 15 is 0 Å². The van der Waals surface area contributed by atoms with Gasteiger partial charge in [-0.15, -0.1) is 0 Å². The predicted octanol–water partition coefficient (Wildman–Crippen LogP) is 0.372. The Morgan fingerprint density at radius 1 is 1.47 bits per heavy atom. The summed E-state index contributed by atoms with van der Waals surface area (Å²) in [5.41, 5.74) is -0.966. The molecule has 0 aromatic heterocycles. The lowest BCUT2D eigenvalue weighted by Gasteiger charge is -2.31. The molecular weight excluding hydrogens is 193 g/mol. The fourth-order valence-electron chi connectivity index (χ4n) is 2.48. The summed E-state index contributed by atoms with van der Waals surface area (Å²) in [5, 5.41) is 6.58. The number of rotatable bonds is 3. The Hall–Kier alpha value is -0.190. The highest BCUT2D eigenvalue weighted by Crippen LogP contribution is 2.22. The average Bonchev–Trinajstić information content (AvgIpc) is 2.63. The van der Waals surface area contributed by atoms with Crippen molar-refractivity contribution in [2.45, 2.75) is 31.0 Å². The summed E-state index contributed by atoms with van der Waals surface area (Å²) < 4.78 is 14.2. The molecule has 2 heterocycles. The normalized spacial score (nSPS) is 32.0. The van der Waals surface area contributed by atoms with Gasteiger partial charge >= 0.3 is 0 Å². The van der Waals surface area contributed by atoms with E-state index in [1.807, 2.05) is 0 Å². The van der Waals surface area contributed by atoms with Crippen LogP contribution in [0, 0.1) is 0 Å². The van der Waals surface area contributed by atoms with Gasteiger partial charge in [0.15, 0.2) is 0 Å². The average molecular weight is 215 g/mol. The van der Waals surface area contributed by atoms with Crippen LogP contribution in [0.1, 0.15) is 19.3 Å².